The van der Waals surface area contributed by atoms with E-state index in [1.165, 1.54) is 11.1 Å². The molecule has 1 N–H and O–H groups in total. The Labute approximate surface area is 362 Å². The number of hydrogen-bond acceptors (Lipinski definition) is 10. The van der Waals surface area contributed by atoms with Crippen LogP contribution in [0.3, 0.4) is 0 Å². The smallest absolute Gasteiger partial charge is 0.306 e. The summed E-state index contributed by atoms with van der Waals surface area (Å²) in [6.07, 6.45) is 35.5. The van der Waals surface area contributed by atoms with E-state index in [-0.39, 0.29) is 26.1 Å². The Morgan fingerprint density at radius 2 is 1.37 bits per heavy atom. The molecule has 1 aromatic rings. The summed E-state index contributed by atoms with van der Waals surface area (Å²) in [7, 11) is 1.05. The Hall–Kier alpha value is -3.31. The van der Waals surface area contributed by atoms with Gasteiger partial charge in [-0.1, -0.05) is 112 Å². The number of unbranched alkanes of at least 4 members (excludes halogenated alkanes) is 5. The standard InChI is InChI=1S/C48H78NO10P/c1-8-10-11-12-21-26-32-43(50)33-27-22-17-15-13-14-16-18-25-30-36-48(52)58-44(40-57-60(53,54)56-38-37-49(5,6)7)39-55-47(51)35-29-24-20-19-23-28-34-46-42(4)41(3)45(59-46)31-9-2/h10-11,13-14,17-18,21-22,25-27,33,43-44,50H,8-9,12,15-16,19-20,23-24,28-32,34-40H2,1-7H3/b11-10-,14-13-,22-17-,25-18-,26-21-,33-27+/t43?,44-/m1/s1. The number of hydrogen-bond donors (Lipinski definition) is 1. The van der Waals surface area contributed by atoms with Gasteiger partial charge in [-0.15, -0.1) is 0 Å². The lowest BCUT2D eigenvalue weighted by molar-refractivity contribution is -0.870. The second-order valence-electron chi connectivity index (χ2n) is 16.1. The number of rotatable bonds is 35. The van der Waals surface area contributed by atoms with Crippen LogP contribution in [0.5, 0.6) is 0 Å². The van der Waals surface area contributed by atoms with Crippen molar-refractivity contribution in [1.82, 2.24) is 0 Å². The van der Waals surface area contributed by atoms with Gasteiger partial charge in [-0.05, 0) is 82.8 Å². The van der Waals surface area contributed by atoms with Crippen molar-refractivity contribution in [3.63, 3.8) is 0 Å². The minimum Gasteiger partial charge on any atom is -0.756 e. The monoisotopic (exact) mass is 860 g/mol. The van der Waals surface area contributed by atoms with Gasteiger partial charge < -0.3 is 37.4 Å². The maximum atomic E-state index is 12.7. The Morgan fingerprint density at radius 1 is 0.750 bits per heavy atom. The number of likely N-dealkylation sites (N-methyl/N-ethyl adjacent to an activating group) is 1. The third-order valence-electron chi connectivity index (χ3n) is 9.51. The molecule has 1 rings (SSSR count). The largest absolute Gasteiger partial charge is 0.756 e. The fourth-order valence-corrected chi connectivity index (χ4v) is 6.54. The number of allylic oxidation sites excluding steroid dienone is 10. The molecule has 340 valence electrons. The summed E-state index contributed by atoms with van der Waals surface area (Å²) >= 11 is 0. The first kappa shape index (κ1) is 54.7. The zero-order valence-electron chi connectivity index (χ0n) is 37.9. The van der Waals surface area contributed by atoms with E-state index in [9.17, 15) is 24.2 Å². The van der Waals surface area contributed by atoms with Gasteiger partial charge in [-0.2, -0.15) is 0 Å². The summed E-state index contributed by atoms with van der Waals surface area (Å²) < 4.78 is 39.9. The second kappa shape index (κ2) is 33.3. The number of quaternary nitrogens is 1. The minimum atomic E-state index is -4.68. The highest BCUT2D eigenvalue weighted by molar-refractivity contribution is 7.45. The second-order valence-corrected chi connectivity index (χ2v) is 17.5. The highest BCUT2D eigenvalue weighted by Crippen LogP contribution is 2.38. The van der Waals surface area contributed by atoms with Crippen molar-refractivity contribution in [2.24, 2.45) is 0 Å². The van der Waals surface area contributed by atoms with E-state index in [0.29, 0.717) is 36.7 Å². The van der Waals surface area contributed by atoms with E-state index < -0.39 is 38.6 Å². The van der Waals surface area contributed by atoms with E-state index in [1.807, 2.05) is 69.8 Å². The van der Waals surface area contributed by atoms with E-state index in [2.05, 4.69) is 45.9 Å². The number of aliphatic hydroxyl groups excluding tert-OH is 1. The number of aliphatic hydroxyl groups is 1. The van der Waals surface area contributed by atoms with Gasteiger partial charge in [-0.25, -0.2) is 0 Å². The number of ether oxygens (including phenoxy) is 2. The van der Waals surface area contributed by atoms with Crippen LogP contribution in [-0.2, 0) is 45.5 Å². The van der Waals surface area contributed by atoms with Crippen LogP contribution < -0.4 is 4.89 Å². The Kier molecular flexibility index (Phi) is 30.4. The first-order valence-electron chi connectivity index (χ1n) is 22.1. The average molecular weight is 860 g/mol. The van der Waals surface area contributed by atoms with Gasteiger partial charge in [0.1, 0.15) is 31.3 Å². The number of carbonyl (C=O) groups excluding carboxylic acids is 2. The lowest BCUT2D eigenvalue weighted by Gasteiger charge is -2.28. The van der Waals surface area contributed by atoms with Crippen molar-refractivity contribution in [3.8, 4) is 0 Å². The number of esters is 2. The number of aryl methyl sites for hydroxylation is 2. The average Bonchev–Trinajstić information content (AvgIpc) is 3.45. The molecule has 11 nitrogen and oxygen atoms in total. The van der Waals surface area contributed by atoms with Crippen LogP contribution in [0.4, 0.5) is 0 Å². The maximum Gasteiger partial charge on any atom is 0.306 e. The fraction of sp³-hybridized carbons (Fsp3) is 0.625. The van der Waals surface area contributed by atoms with Crippen LogP contribution in [0, 0.1) is 13.8 Å². The summed E-state index contributed by atoms with van der Waals surface area (Å²) in [5.41, 5.74) is 2.56. The molecule has 0 aromatic carbocycles. The van der Waals surface area contributed by atoms with Crippen molar-refractivity contribution < 1.29 is 51.6 Å². The van der Waals surface area contributed by atoms with Gasteiger partial charge in [0.25, 0.3) is 7.82 Å². The number of phosphoric ester groups is 1. The predicted octanol–water partition coefficient (Wildman–Crippen LogP) is 10.2. The summed E-state index contributed by atoms with van der Waals surface area (Å²) in [6.45, 7) is 8.07. The molecule has 1 heterocycles. The highest BCUT2D eigenvalue weighted by Gasteiger charge is 2.21. The molecule has 1 aromatic heterocycles. The molecule has 0 spiro atoms. The number of carbonyl (C=O) groups is 2. The maximum absolute atomic E-state index is 12.7. The molecule has 12 heteroatoms. The van der Waals surface area contributed by atoms with Crippen LogP contribution in [0.25, 0.3) is 0 Å². The van der Waals surface area contributed by atoms with Crippen molar-refractivity contribution >= 4 is 19.8 Å². The topological polar surface area (TPSA) is 145 Å². The first-order valence-corrected chi connectivity index (χ1v) is 23.6. The molecular formula is C48H78NO10P. The van der Waals surface area contributed by atoms with E-state index in [1.54, 1.807) is 6.08 Å². The SMILES string of the molecule is CC/C=C\C/C=C\CC(O)/C=C/C=C\C/C=C\C/C=C\CCC(=O)O[C@H](COC(=O)CCCCCCCCc1oc(CCC)c(C)c1C)COP(=O)([O-])OCC[N+](C)(C)C. The molecular weight excluding hydrogens is 781 g/mol. The van der Waals surface area contributed by atoms with Crippen LogP contribution >= 0.6 is 7.82 Å². The number of phosphoric acid groups is 1. The summed E-state index contributed by atoms with van der Waals surface area (Å²) in [6, 6.07) is 0. The van der Waals surface area contributed by atoms with Crippen molar-refractivity contribution in [1.29, 1.82) is 0 Å². The third kappa shape index (κ3) is 29.8. The lowest BCUT2D eigenvalue weighted by atomic mass is 10.0. The molecule has 0 saturated carbocycles. The van der Waals surface area contributed by atoms with Crippen LogP contribution in [0.2, 0.25) is 0 Å². The lowest BCUT2D eigenvalue weighted by Crippen LogP contribution is -2.37. The van der Waals surface area contributed by atoms with Crippen molar-refractivity contribution in [2.75, 3.05) is 47.5 Å². The molecule has 0 amide bonds. The number of nitrogens with zero attached hydrogens (tertiary/aromatic N) is 1. The zero-order chi connectivity index (χ0) is 44.5. The van der Waals surface area contributed by atoms with Gasteiger partial charge in [0.2, 0.25) is 0 Å². The highest BCUT2D eigenvalue weighted by atomic mass is 31.2. The fourth-order valence-electron chi connectivity index (χ4n) is 5.81. The molecule has 0 aliphatic heterocycles. The van der Waals surface area contributed by atoms with Gasteiger partial charge in [0.05, 0.1) is 33.9 Å². The summed E-state index contributed by atoms with van der Waals surface area (Å²) in [5, 5.41) is 10.0. The van der Waals surface area contributed by atoms with Crippen LogP contribution in [0.15, 0.2) is 77.3 Å². The molecule has 3 atom stereocenters. The molecule has 0 bridgehead atoms. The van der Waals surface area contributed by atoms with Gasteiger partial charge >= 0.3 is 11.9 Å². The molecule has 0 radical (unpaired) electrons. The molecule has 0 saturated heterocycles. The van der Waals surface area contributed by atoms with E-state index in [0.717, 1.165) is 82.1 Å². The Bertz CT molecular complexity index is 1550. The van der Waals surface area contributed by atoms with Gasteiger partial charge in [0, 0.05) is 25.7 Å². The molecule has 0 aliphatic rings. The normalized spacial score (nSPS) is 14.8. The third-order valence-corrected chi connectivity index (χ3v) is 10.5. The van der Waals surface area contributed by atoms with Crippen LogP contribution in [-0.4, -0.2) is 81.2 Å². The predicted molar refractivity (Wildman–Crippen MR) is 240 cm³/mol. The first-order chi connectivity index (χ1) is 28.7. The zero-order valence-corrected chi connectivity index (χ0v) is 38.8. The van der Waals surface area contributed by atoms with Gasteiger partial charge in [-0.3, -0.25) is 14.2 Å². The Morgan fingerprint density at radius 3 is 2.05 bits per heavy atom. The summed E-state index contributed by atoms with van der Waals surface area (Å²) in [5.74, 6) is 1.21. The quantitative estimate of drug-likeness (QED) is 0.0175. The molecule has 2 unspecified atom stereocenters. The molecule has 60 heavy (non-hydrogen) atoms. The van der Waals surface area contributed by atoms with Crippen molar-refractivity contribution in [3.05, 3.63) is 95.6 Å². The minimum absolute atomic E-state index is 0.0625. The molecule has 0 fully saturated rings. The summed E-state index contributed by atoms with van der Waals surface area (Å²) in [4.78, 5) is 37.6. The van der Waals surface area contributed by atoms with Crippen LogP contribution in [0.1, 0.15) is 133 Å². The number of furan rings is 1. The Balaban J connectivity index is 2.45. The van der Waals surface area contributed by atoms with E-state index in [4.69, 9.17) is 22.9 Å². The van der Waals surface area contributed by atoms with Crippen molar-refractivity contribution in [2.45, 2.75) is 149 Å². The molecule has 0 aliphatic carbocycles. The van der Waals surface area contributed by atoms with Gasteiger partial charge in [0.15, 0.2) is 6.10 Å². The van der Waals surface area contributed by atoms with E-state index >= 15 is 0 Å².